The zero-order valence-corrected chi connectivity index (χ0v) is 18.5. The van der Waals surface area contributed by atoms with Gasteiger partial charge in [0.2, 0.25) is 0 Å². The van der Waals surface area contributed by atoms with E-state index in [9.17, 15) is 4.79 Å². The molecule has 1 atom stereocenters. The highest BCUT2D eigenvalue weighted by Gasteiger charge is 2.34. The van der Waals surface area contributed by atoms with Gasteiger partial charge in [-0.05, 0) is 62.9 Å². The van der Waals surface area contributed by atoms with E-state index in [1.54, 1.807) is 7.11 Å². The van der Waals surface area contributed by atoms with Gasteiger partial charge in [-0.1, -0.05) is 18.2 Å². The average Bonchev–Trinajstić information content (AvgIpc) is 2.74. The van der Waals surface area contributed by atoms with E-state index < -0.39 is 0 Å². The molecular formula is C24H30N4O3. The number of methoxy groups -OCH3 is 1. The molecule has 1 unspecified atom stereocenters. The molecule has 0 spiro atoms. The zero-order valence-electron chi connectivity index (χ0n) is 18.5. The number of allylic oxidation sites excluding steroid dienone is 1. The summed E-state index contributed by atoms with van der Waals surface area (Å²) in [7, 11) is 1.68. The molecule has 2 aromatic carbocycles. The van der Waals surface area contributed by atoms with Gasteiger partial charge in [-0.2, -0.15) is 0 Å². The smallest absolute Gasteiger partial charge is 0.328 e. The third kappa shape index (κ3) is 3.93. The number of ether oxygens (including phenoxy) is 2. The molecule has 31 heavy (non-hydrogen) atoms. The molecule has 7 nitrogen and oxygen atoms in total. The largest absolute Gasteiger partial charge is 0.496 e. The fourth-order valence-electron chi connectivity index (χ4n) is 4.70. The maximum absolute atomic E-state index is 11.4. The second-order valence-corrected chi connectivity index (χ2v) is 8.61. The first-order valence-corrected chi connectivity index (χ1v) is 10.6. The average molecular weight is 423 g/mol. The fourth-order valence-corrected chi connectivity index (χ4v) is 4.70. The Morgan fingerprint density at radius 2 is 2.06 bits per heavy atom. The van der Waals surface area contributed by atoms with Crippen LogP contribution in [0.4, 0.5) is 10.5 Å². The highest BCUT2D eigenvalue weighted by Crippen LogP contribution is 2.52. The van der Waals surface area contributed by atoms with Crippen molar-refractivity contribution in [1.82, 2.24) is 10.7 Å². The lowest BCUT2D eigenvalue weighted by atomic mass is 9.81. The van der Waals surface area contributed by atoms with Gasteiger partial charge in [0.05, 0.1) is 18.2 Å². The topological polar surface area (TPSA) is 97.6 Å². The van der Waals surface area contributed by atoms with E-state index in [2.05, 4.69) is 55.0 Å². The Morgan fingerprint density at radius 3 is 2.81 bits per heavy atom. The first-order valence-electron chi connectivity index (χ1n) is 10.6. The molecule has 2 aromatic rings. The Morgan fingerprint density at radius 1 is 1.26 bits per heavy atom. The van der Waals surface area contributed by atoms with Crippen molar-refractivity contribution in [1.29, 1.82) is 0 Å². The number of nitrogens with one attached hydrogen (secondary N) is 3. The maximum atomic E-state index is 11.4. The van der Waals surface area contributed by atoms with E-state index in [0.29, 0.717) is 6.54 Å². The lowest BCUT2D eigenvalue weighted by molar-refractivity contribution is 0.186. The summed E-state index contributed by atoms with van der Waals surface area (Å²) in [6, 6.07) is 9.82. The van der Waals surface area contributed by atoms with Crippen LogP contribution in [0.1, 0.15) is 50.8 Å². The van der Waals surface area contributed by atoms with Crippen molar-refractivity contribution in [2.75, 3.05) is 19.0 Å². The van der Waals surface area contributed by atoms with Gasteiger partial charge in [-0.3, -0.25) is 5.43 Å². The second kappa shape index (κ2) is 8.15. The Labute approximate surface area is 183 Å². The molecule has 0 bridgehead atoms. The highest BCUT2D eigenvalue weighted by atomic mass is 16.5. The van der Waals surface area contributed by atoms with Crippen LogP contribution in [0.2, 0.25) is 0 Å². The molecule has 0 aromatic heterocycles. The molecule has 0 radical (unpaired) electrons. The number of anilines is 1. The summed E-state index contributed by atoms with van der Waals surface area (Å²) >= 11 is 0. The summed E-state index contributed by atoms with van der Waals surface area (Å²) in [5.41, 5.74) is 8.76. The van der Waals surface area contributed by atoms with Crippen LogP contribution >= 0.6 is 0 Å². The van der Waals surface area contributed by atoms with E-state index in [0.717, 1.165) is 46.7 Å². The van der Waals surface area contributed by atoms with Crippen molar-refractivity contribution in [3.05, 3.63) is 47.5 Å². The molecule has 0 saturated carbocycles. The molecule has 0 fully saturated rings. The normalized spacial score (nSPS) is 17.7. The molecule has 0 saturated heterocycles. The van der Waals surface area contributed by atoms with Crippen molar-refractivity contribution in [2.45, 2.75) is 45.3 Å². The second-order valence-electron chi connectivity index (χ2n) is 8.61. The minimum Gasteiger partial charge on any atom is -0.496 e. The molecule has 2 amide bonds. The molecule has 2 aliphatic rings. The number of amides is 2. The Balaban J connectivity index is 1.78. The standard InChI is InChI=1S/C24H30N4O3/c1-14-13-24(2,3)27-16-11-10-15-21-17(30-4)7-5-8-18(21)31-19(22(15)20(14)16)9-6-12-26-23(29)28-25/h5,7-8,10-11,13,19,27H,6,9,12,25H2,1-4H3,(H2,26,28,29). The number of urea groups is 1. The molecule has 0 aliphatic carbocycles. The summed E-state index contributed by atoms with van der Waals surface area (Å²) in [5, 5.41) is 6.38. The number of carbonyl (C=O) groups excluding carboxylic acids is 1. The van der Waals surface area contributed by atoms with Crippen molar-refractivity contribution in [2.24, 2.45) is 5.84 Å². The van der Waals surface area contributed by atoms with Crippen molar-refractivity contribution in [3.63, 3.8) is 0 Å². The minimum absolute atomic E-state index is 0.120. The fraction of sp³-hybridized carbons (Fsp3) is 0.375. The number of carbonyl (C=O) groups is 1. The molecule has 164 valence electrons. The SMILES string of the molecule is COc1cccc2c1-c1ccc3c(c1C(CCCNC(=O)NN)O2)C(C)=CC(C)(C)N3. The number of benzene rings is 2. The summed E-state index contributed by atoms with van der Waals surface area (Å²) < 4.78 is 12.2. The van der Waals surface area contributed by atoms with Crippen LogP contribution in [0, 0.1) is 0 Å². The predicted octanol–water partition coefficient (Wildman–Crippen LogP) is 4.36. The number of hydrogen-bond acceptors (Lipinski definition) is 5. The van der Waals surface area contributed by atoms with Gasteiger partial charge in [-0.25, -0.2) is 10.6 Å². The van der Waals surface area contributed by atoms with Gasteiger partial charge in [0.15, 0.2) is 0 Å². The Hall–Kier alpha value is -3.19. The third-order valence-electron chi connectivity index (χ3n) is 5.80. The van der Waals surface area contributed by atoms with Gasteiger partial charge in [0.1, 0.15) is 17.6 Å². The van der Waals surface area contributed by atoms with Crippen molar-refractivity contribution < 1.29 is 14.3 Å². The molecule has 2 aliphatic heterocycles. The summed E-state index contributed by atoms with van der Waals surface area (Å²) in [6.45, 7) is 7.00. The number of nitrogens with two attached hydrogens (primary N) is 1. The first kappa shape index (κ1) is 21.1. The van der Waals surface area contributed by atoms with Crippen LogP contribution in [0.3, 0.4) is 0 Å². The highest BCUT2D eigenvalue weighted by molar-refractivity contribution is 5.91. The van der Waals surface area contributed by atoms with E-state index in [-0.39, 0.29) is 17.7 Å². The number of hydrogen-bond donors (Lipinski definition) is 4. The number of hydrazine groups is 1. The maximum Gasteiger partial charge on any atom is 0.328 e. The van der Waals surface area contributed by atoms with Crippen LogP contribution < -0.4 is 31.4 Å². The Bertz CT molecular complexity index is 1050. The summed E-state index contributed by atoms with van der Waals surface area (Å²) in [5.74, 6) is 6.75. The lowest BCUT2D eigenvalue weighted by Crippen LogP contribution is -2.40. The van der Waals surface area contributed by atoms with Gasteiger partial charge in [-0.15, -0.1) is 0 Å². The van der Waals surface area contributed by atoms with E-state index >= 15 is 0 Å². The monoisotopic (exact) mass is 422 g/mol. The van der Waals surface area contributed by atoms with Gasteiger partial charge in [0, 0.05) is 23.4 Å². The lowest BCUT2D eigenvalue weighted by Gasteiger charge is -2.37. The number of rotatable bonds is 5. The van der Waals surface area contributed by atoms with Crippen LogP contribution in [-0.2, 0) is 0 Å². The van der Waals surface area contributed by atoms with Crippen LogP contribution in [0.25, 0.3) is 16.7 Å². The summed E-state index contributed by atoms with van der Waals surface area (Å²) in [4.78, 5) is 11.4. The summed E-state index contributed by atoms with van der Waals surface area (Å²) in [6.07, 6.45) is 3.63. The molecule has 5 N–H and O–H groups in total. The Kier molecular flexibility index (Phi) is 5.54. The van der Waals surface area contributed by atoms with Crippen LogP contribution in [0.5, 0.6) is 11.5 Å². The van der Waals surface area contributed by atoms with E-state index in [4.69, 9.17) is 15.3 Å². The van der Waals surface area contributed by atoms with E-state index in [1.165, 1.54) is 11.1 Å². The quantitative estimate of drug-likeness (QED) is 0.248. The van der Waals surface area contributed by atoms with Crippen LogP contribution in [0.15, 0.2) is 36.4 Å². The molecular weight excluding hydrogens is 392 g/mol. The minimum atomic E-state index is -0.386. The van der Waals surface area contributed by atoms with Gasteiger partial charge in [0.25, 0.3) is 0 Å². The number of fused-ring (bicyclic) bond motifs is 5. The van der Waals surface area contributed by atoms with E-state index in [1.807, 2.05) is 18.2 Å². The van der Waals surface area contributed by atoms with Crippen LogP contribution in [-0.4, -0.2) is 25.2 Å². The van der Waals surface area contributed by atoms with Crippen molar-refractivity contribution >= 4 is 17.3 Å². The van der Waals surface area contributed by atoms with Gasteiger partial charge < -0.3 is 20.1 Å². The van der Waals surface area contributed by atoms with Gasteiger partial charge >= 0.3 is 6.03 Å². The molecule has 4 rings (SSSR count). The first-order chi connectivity index (χ1) is 14.8. The third-order valence-corrected chi connectivity index (χ3v) is 5.80. The van der Waals surface area contributed by atoms with Crippen molar-refractivity contribution in [3.8, 4) is 22.6 Å². The molecule has 7 heteroatoms. The molecule has 2 heterocycles. The predicted molar refractivity (Wildman–Crippen MR) is 123 cm³/mol. The zero-order chi connectivity index (χ0) is 22.2.